The van der Waals surface area contributed by atoms with Crippen molar-refractivity contribution in [2.75, 3.05) is 28.0 Å². The Morgan fingerprint density at radius 3 is 2.94 bits per heavy atom. The predicted octanol–water partition coefficient (Wildman–Crippen LogP) is 3.47. The number of hydrogen-bond donors (Lipinski definition) is 3. The van der Waals surface area contributed by atoms with Gasteiger partial charge in [-0.2, -0.15) is 26.4 Å². The molecule has 0 bridgehead atoms. The van der Waals surface area contributed by atoms with E-state index in [1.165, 1.54) is 15.6 Å². The van der Waals surface area contributed by atoms with E-state index in [4.69, 9.17) is 0 Å². The van der Waals surface area contributed by atoms with Crippen molar-refractivity contribution in [2.24, 2.45) is 0 Å². The lowest BCUT2D eigenvalue weighted by atomic mass is 10.0. The second-order valence-electron chi connectivity index (χ2n) is 7.56. The highest BCUT2D eigenvalue weighted by molar-refractivity contribution is 7.93. The highest BCUT2D eigenvalue weighted by atomic mass is 32.2. The SMILES string of the molecule is CCNc1nc(NC2CCN(S(=O)(=O)c3ccsc3)c3ccccc3C2)c2cn[nH]c2n1. The summed E-state index contributed by atoms with van der Waals surface area (Å²) in [4.78, 5) is 9.40. The van der Waals surface area contributed by atoms with E-state index in [1.54, 1.807) is 23.0 Å². The van der Waals surface area contributed by atoms with Gasteiger partial charge in [0, 0.05) is 24.5 Å². The molecule has 166 valence electrons. The van der Waals surface area contributed by atoms with Crippen molar-refractivity contribution in [1.29, 1.82) is 0 Å². The molecule has 0 amide bonds. The normalized spacial score (nSPS) is 16.5. The van der Waals surface area contributed by atoms with Crippen molar-refractivity contribution < 1.29 is 8.42 Å². The van der Waals surface area contributed by atoms with Crippen molar-refractivity contribution >= 4 is 49.8 Å². The van der Waals surface area contributed by atoms with Crippen molar-refractivity contribution in [2.45, 2.75) is 30.7 Å². The number of aromatic nitrogens is 4. The number of thiophene rings is 1. The van der Waals surface area contributed by atoms with Gasteiger partial charge >= 0.3 is 0 Å². The Morgan fingerprint density at radius 1 is 1.25 bits per heavy atom. The van der Waals surface area contributed by atoms with E-state index in [2.05, 4.69) is 30.8 Å². The molecule has 0 aliphatic carbocycles. The lowest BCUT2D eigenvalue weighted by molar-refractivity contribution is 0.587. The van der Waals surface area contributed by atoms with Gasteiger partial charge in [0.25, 0.3) is 10.0 Å². The van der Waals surface area contributed by atoms with Crippen molar-refractivity contribution in [1.82, 2.24) is 20.2 Å². The molecule has 0 radical (unpaired) electrons. The van der Waals surface area contributed by atoms with Crippen LogP contribution >= 0.6 is 11.3 Å². The molecule has 0 fully saturated rings. The Balaban J connectivity index is 1.48. The molecule has 4 aromatic rings. The monoisotopic (exact) mass is 469 g/mol. The molecule has 3 aromatic heterocycles. The maximum atomic E-state index is 13.4. The van der Waals surface area contributed by atoms with Crippen LogP contribution in [0.2, 0.25) is 0 Å². The number of sulfonamides is 1. The largest absolute Gasteiger partial charge is 0.366 e. The molecular weight excluding hydrogens is 446 g/mol. The van der Waals surface area contributed by atoms with Crippen LogP contribution in [0.1, 0.15) is 18.9 Å². The molecule has 3 N–H and O–H groups in total. The number of para-hydroxylation sites is 1. The second-order valence-corrected chi connectivity index (χ2v) is 10.2. The van der Waals surface area contributed by atoms with Gasteiger partial charge in [0.1, 0.15) is 5.82 Å². The minimum absolute atomic E-state index is 0.0127. The molecule has 0 saturated carbocycles. The molecule has 4 heterocycles. The summed E-state index contributed by atoms with van der Waals surface area (Å²) in [5.41, 5.74) is 2.35. The van der Waals surface area contributed by atoms with Crippen LogP contribution in [0.25, 0.3) is 11.0 Å². The fourth-order valence-corrected chi connectivity index (χ4v) is 6.50. The lowest BCUT2D eigenvalue weighted by Crippen LogP contribution is -2.33. The van der Waals surface area contributed by atoms with Gasteiger partial charge in [-0.05, 0) is 42.8 Å². The van der Waals surface area contributed by atoms with Crippen LogP contribution in [0.4, 0.5) is 17.5 Å². The summed E-state index contributed by atoms with van der Waals surface area (Å²) in [6.07, 6.45) is 3.00. The Labute approximate surface area is 190 Å². The van der Waals surface area contributed by atoms with Crippen LogP contribution in [-0.4, -0.2) is 47.7 Å². The average molecular weight is 470 g/mol. The number of nitrogens with zero attached hydrogens (tertiary/aromatic N) is 4. The Bertz CT molecular complexity index is 1340. The number of nitrogens with one attached hydrogen (secondary N) is 3. The molecule has 9 nitrogen and oxygen atoms in total. The molecule has 1 unspecified atom stereocenters. The Kier molecular flexibility index (Phi) is 5.43. The zero-order valence-electron chi connectivity index (χ0n) is 17.4. The van der Waals surface area contributed by atoms with Gasteiger partial charge in [0.05, 0.1) is 22.2 Å². The topological polar surface area (TPSA) is 116 Å². The minimum Gasteiger partial charge on any atom is -0.366 e. The van der Waals surface area contributed by atoms with E-state index in [1.807, 2.05) is 31.2 Å². The first kappa shape index (κ1) is 20.7. The summed E-state index contributed by atoms with van der Waals surface area (Å²) in [5.74, 6) is 1.19. The molecule has 1 aliphatic rings. The van der Waals surface area contributed by atoms with Crippen LogP contribution in [0.3, 0.4) is 0 Å². The molecular formula is C21H23N7O2S2. The fraction of sp³-hybridized carbons (Fsp3) is 0.286. The number of H-pyrrole nitrogens is 1. The molecule has 1 aromatic carbocycles. The van der Waals surface area contributed by atoms with E-state index in [0.29, 0.717) is 48.2 Å². The molecule has 1 aliphatic heterocycles. The van der Waals surface area contributed by atoms with E-state index in [0.717, 1.165) is 16.6 Å². The smallest absolute Gasteiger partial charge is 0.265 e. The van der Waals surface area contributed by atoms with Crippen molar-refractivity contribution in [3.8, 4) is 0 Å². The van der Waals surface area contributed by atoms with E-state index < -0.39 is 10.0 Å². The third-order valence-corrected chi connectivity index (χ3v) is 8.12. The number of hydrogen-bond acceptors (Lipinski definition) is 8. The number of fused-ring (bicyclic) bond motifs is 2. The zero-order chi connectivity index (χ0) is 22.1. The summed E-state index contributed by atoms with van der Waals surface area (Å²) >= 11 is 1.38. The number of rotatable bonds is 6. The fourth-order valence-electron chi connectivity index (χ4n) is 3.96. The highest BCUT2D eigenvalue weighted by Gasteiger charge is 2.31. The van der Waals surface area contributed by atoms with Gasteiger partial charge in [-0.15, -0.1) is 0 Å². The van der Waals surface area contributed by atoms with Crippen LogP contribution in [0.5, 0.6) is 0 Å². The highest BCUT2D eigenvalue weighted by Crippen LogP contribution is 2.33. The lowest BCUT2D eigenvalue weighted by Gasteiger charge is -2.24. The third-order valence-electron chi connectivity index (χ3n) is 5.48. The average Bonchev–Trinajstić information content (AvgIpc) is 3.44. The third kappa shape index (κ3) is 3.78. The first-order valence-corrected chi connectivity index (χ1v) is 12.8. The summed E-state index contributed by atoms with van der Waals surface area (Å²) in [7, 11) is -3.63. The number of anilines is 3. The molecule has 11 heteroatoms. The van der Waals surface area contributed by atoms with Gasteiger partial charge < -0.3 is 10.6 Å². The molecule has 32 heavy (non-hydrogen) atoms. The van der Waals surface area contributed by atoms with Gasteiger partial charge in [0.2, 0.25) is 5.95 Å². The van der Waals surface area contributed by atoms with E-state index in [-0.39, 0.29) is 6.04 Å². The minimum atomic E-state index is -3.63. The van der Waals surface area contributed by atoms with E-state index >= 15 is 0 Å². The van der Waals surface area contributed by atoms with Crippen molar-refractivity contribution in [3.63, 3.8) is 0 Å². The molecule has 0 saturated heterocycles. The summed E-state index contributed by atoms with van der Waals surface area (Å²) in [6.45, 7) is 3.05. The number of benzene rings is 1. The Morgan fingerprint density at radius 2 is 2.12 bits per heavy atom. The van der Waals surface area contributed by atoms with Gasteiger partial charge in [-0.25, -0.2) is 8.42 Å². The first-order valence-electron chi connectivity index (χ1n) is 10.4. The van der Waals surface area contributed by atoms with Crippen molar-refractivity contribution in [3.05, 3.63) is 52.9 Å². The first-order chi connectivity index (χ1) is 15.6. The van der Waals surface area contributed by atoms with Crippen LogP contribution < -0.4 is 14.9 Å². The van der Waals surface area contributed by atoms with Crippen LogP contribution in [-0.2, 0) is 16.4 Å². The molecule has 5 rings (SSSR count). The maximum absolute atomic E-state index is 13.4. The number of aromatic amines is 1. The van der Waals surface area contributed by atoms with Gasteiger partial charge in [0.15, 0.2) is 5.65 Å². The summed E-state index contributed by atoms with van der Waals surface area (Å²) in [5, 5.41) is 17.9. The quantitative estimate of drug-likeness (QED) is 0.396. The molecule has 0 spiro atoms. The van der Waals surface area contributed by atoms with Gasteiger partial charge in [-0.1, -0.05) is 18.2 Å². The van der Waals surface area contributed by atoms with Crippen LogP contribution in [0.15, 0.2) is 52.2 Å². The molecule has 1 atom stereocenters. The van der Waals surface area contributed by atoms with E-state index in [9.17, 15) is 8.42 Å². The second kappa shape index (κ2) is 8.40. The predicted molar refractivity (Wildman–Crippen MR) is 127 cm³/mol. The summed E-state index contributed by atoms with van der Waals surface area (Å²) < 4.78 is 28.2. The zero-order valence-corrected chi connectivity index (χ0v) is 19.1. The standard InChI is InChI=1S/C21H23N7O2S2/c1-2-22-21-25-19(17-12-23-27-20(17)26-21)24-15-7-9-28(18-6-4-3-5-14(18)11-15)32(29,30)16-8-10-31-13-16/h3-6,8,10,12-13,15H,2,7,9,11H2,1H3,(H3,22,23,24,25,26,27). The maximum Gasteiger partial charge on any atom is 0.265 e. The van der Waals surface area contributed by atoms with Crippen LogP contribution in [0, 0.1) is 0 Å². The Hall–Kier alpha value is -3.18. The summed E-state index contributed by atoms with van der Waals surface area (Å²) in [6, 6.07) is 9.33. The van der Waals surface area contributed by atoms with Gasteiger partial charge in [-0.3, -0.25) is 9.40 Å².